The van der Waals surface area contributed by atoms with Crippen LogP contribution < -0.4 is 10.6 Å². The van der Waals surface area contributed by atoms with Gasteiger partial charge >= 0.3 is 5.97 Å². The third kappa shape index (κ3) is 9.24. The number of carbonyl (C=O) groups is 4. The molecule has 0 bridgehead atoms. The molecule has 1 heterocycles. The predicted octanol–water partition coefficient (Wildman–Crippen LogP) is 1.94. The molecule has 11 nitrogen and oxygen atoms in total. The van der Waals surface area contributed by atoms with Gasteiger partial charge in [-0.1, -0.05) is 57.5 Å². The van der Waals surface area contributed by atoms with Gasteiger partial charge in [-0.2, -0.15) is 0 Å². The van der Waals surface area contributed by atoms with Crippen LogP contribution in [0.2, 0.25) is 0 Å². The van der Waals surface area contributed by atoms with Gasteiger partial charge in [-0.3, -0.25) is 14.4 Å². The Balaban J connectivity index is 2.17. The number of hydrogen-bond acceptors (Lipinski definition) is 7. The molecule has 1 saturated heterocycles. The number of benzene rings is 1. The van der Waals surface area contributed by atoms with Crippen molar-refractivity contribution in [1.82, 2.24) is 20.4 Å². The Morgan fingerprint density at radius 2 is 1.79 bits per heavy atom. The average Bonchev–Trinajstić information content (AvgIpc) is 3.46. The van der Waals surface area contributed by atoms with Gasteiger partial charge in [-0.25, -0.2) is 4.79 Å². The summed E-state index contributed by atoms with van der Waals surface area (Å²) in [5, 5.41) is 15.3. The largest absolute Gasteiger partial charge is 0.480 e. The number of nitrogens with one attached hydrogen (secondary N) is 2. The first-order valence-electron chi connectivity index (χ1n) is 14.8. The normalized spacial score (nSPS) is 19.3. The molecule has 1 aliphatic heterocycles. The molecule has 3 N–H and O–H groups in total. The van der Waals surface area contributed by atoms with Crippen molar-refractivity contribution in [3.05, 3.63) is 35.9 Å². The molecule has 0 aromatic heterocycles. The molecule has 1 fully saturated rings. The van der Waals surface area contributed by atoms with E-state index in [-0.39, 0.29) is 49.2 Å². The average molecular weight is 591 g/mol. The lowest BCUT2D eigenvalue weighted by Crippen LogP contribution is -2.54. The molecule has 1 aliphatic rings. The van der Waals surface area contributed by atoms with E-state index in [0.717, 1.165) is 18.4 Å². The van der Waals surface area contributed by atoms with Crippen molar-refractivity contribution in [3.8, 4) is 0 Å². The van der Waals surface area contributed by atoms with Crippen LogP contribution in [0.15, 0.2) is 30.3 Å². The van der Waals surface area contributed by atoms with Crippen molar-refractivity contribution >= 4 is 23.7 Å². The second-order valence-electron chi connectivity index (χ2n) is 11.3. The maximum atomic E-state index is 13.7. The maximum Gasteiger partial charge on any atom is 0.326 e. The maximum absolute atomic E-state index is 13.7. The molecule has 2 rings (SSSR count). The first-order valence-corrected chi connectivity index (χ1v) is 14.8. The Labute approximate surface area is 250 Å². The van der Waals surface area contributed by atoms with Crippen LogP contribution in [0.3, 0.4) is 0 Å². The van der Waals surface area contributed by atoms with Crippen LogP contribution in [0.5, 0.6) is 0 Å². The minimum atomic E-state index is -1.12. The van der Waals surface area contributed by atoms with E-state index >= 15 is 0 Å². The van der Waals surface area contributed by atoms with Gasteiger partial charge < -0.3 is 35.0 Å². The van der Waals surface area contributed by atoms with Gasteiger partial charge in [0, 0.05) is 34.2 Å². The Bertz CT molecular complexity index is 1020. The number of nitrogens with zero attached hydrogens (tertiary/aromatic N) is 2. The van der Waals surface area contributed by atoms with E-state index in [9.17, 15) is 24.3 Å². The highest BCUT2D eigenvalue weighted by atomic mass is 16.5. The Morgan fingerprint density at radius 3 is 2.33 bits per heavy atom. The summed E-state index contributed by atoms with van der Waals surface area (Å²) in [6, 6.07) is 7.38. The second-order valence-corrected chi connectivity index (χ2v) is 11.3. The molecule has 0 aliphatic carbocycles. The lowest BCUT2D eigenvalue weighted by Gasteiger charge is -2.39. The van der Waals surface area contributed by atoms with Crippen LogP contribution in [-0.4, -0.2) is 110 Å². The van der Waals surface area contributed by atoms with Crippen molar-refractivity contribution in [2.24, 2.45) is 11.8 Å². The summed E-state index contributed by atoms with van der Waals surface area (Å²) < 4.78 is 11.6. The topological polar surface area (TPSA) is 138 Å². The summed E-state index contributed by atoms with van der Waals surface area (Å²) in [4.78, 5) is 55.1. The van der Waals surface area contributed by atoms with Gasteiger partial charge in [0.15, 0.2) is 0 Å². The SMILES string of the molecule is CCC(C)C(C(CC(=O)N1CCCC1C(OC)C(C)C(=O)NC(Cc1ccccc1)C(=O)O)OC)N(C)C(=O)CNC. The number of carboxylic acids is 1. The number of aliphatic carboxylic acids is 1. The van der Waals surface area contributed by atoms with Crippen molar-refractivity contribution in [2.75, 3.05) is 41.4 Å². The van der Waals surface area contributed by atoms with E-state index < -0.39 is 36.0 Å². The number of methoxy groups -OCH3 is 2. The van der Waals surface area contributed by atoms with Crippen LogP contribution in [0, 0.1) is 11.8 Å². The lowest BCUT2D eigenvalue weighted by atomic mass is 9.90. The lowest BCUT2D eigenvalue weighted by molar-refractivity contribution is -0.146. The fraction of sp³-hybridized carbons (Fsp3) is 0.677. The van der Waals surface area contributed by atoms with Crippen LogP contribution in [0.25, 0.3) is 0 Å². The molecule has 7 unspecified atom stereocenters. The summed E-state index contributed by atoms with van der Waals surface area (Å²) >= 11 is 0. The minimum absolute atomic E-state index is 0.0777. The summed E-state index contributed by atoms with van der Waals surface area (Å²) in [5.74, 6) is -2.39. The highest BCUT2D eigenvalue weighted by Gasteiger charge is 2.42. The first-order chi connectivity index (χ1) is 20.0. The van der Waals surface area contributed by atoms with E-state index in [1.165, 1.54) is 7.11 Å². The fourth-order valence-electron chi connectivity index (χ4n) is 5.95. The molecule has 0 radical (unpaired) electrons. The molecule has 0 saturated carbocycles. The number of rotatable bonds is 17. The van der Waals surface area contributed by atoms with Crippen molar-refractivity contribution in [3.63, 3.8) is 0 Å². The third-order valence-corrected chi connectivity index (χ3v) is 8.53. The highest BCUT2D eigenvalue weighted by molar-refractivity contribution is 5.85. The van der Waals surface area contributed by atoms with Crippen molar-refractivity contribution in [1.29, 1.82) is 0 Å². The first kappa shape index (κ1) is 35.2. The molecular formula is C31H50N4O7. The molecule has 11 heteroatoms. The summed E-state index contributed by atoms with van der Waals surface area (Å²) in [5.41, 5.74) is 0.801. The third-order valence-electron chi connectivity index (χ3n) is 8.53. The van der Waals surface area contributed by atoms with Gasteiger partial charge in [-0.05, 0) is 31.4 Å². The quantitative estimate of drug-likeness (QED) is 0.250. The number of ether oxygens (including phenoxy) is 2. The second kappa shape index (κ2) is 17.2. The minimum Gasteiger partial charge on any atom is -0.480 e. The predicted molar refractivity (Wildman–Crippen MR) is 160 cm³/mol. The number of likely N-dealkylation sites (tertiary alicyclic amines) is 1. The summed E-state index contributed by atoms with van der Waals surface area (Å²) in [7, 11) is 6.53. The van der Waals surface area contributed by atoms with Gasteiger partial charge in [0.1, 0.15) is 6.04 Å². The standard InChI is InChI=1S/C31H50N4O7/c1-8-20(2)28(34(5)27(37)19-32-4)25(41-6)18-26(36)35-16-12-15-24(35)29(42-7)21(3)30(38)33-23(31(39)40)17-22-13-10-9-11-14-22/h9-11,13-14,20-21,23-25,28-29,32H,8,12,15-19H2,1-7H3,(H,33,38)(H,39,40). The smallest absolute Gasteiger partial charge is 0.326 e. The molecule has 7 atom stereocenters. The molecule has 236 valence electrons. The Morgan fingerprint density at radius 1 is 1.12 bits per heavy atom. The van der Waals surface area contributed by atoms with E-state index in [1.54, 1.807) is 37.9 Å². The molecule has 3 amide bonds. The number of carbonyl (C=O) groups excluding carboxylic acids is 3. The molecule has 0 spiro atoms. The van der Waals surface area contributed by atoms with E-state index in [4.69, 9.17) is 9.47 Å². The number of carboxylic acid groups (broad SMARTS) is 1. The molecule has 1 aromatic rings. The summed E-state index contributed by atoms with van der Waals surface area (Å²) in [6.07, 6.45) is 1.30. The molecular weight excluding hydrogens is 540 g/mol. The van der Waals surface area contributed by atoms with E-state index in [1.807, 2.05) is 44.2 Å². The zero-order chi connectivity index (χ0) is 31.4. The number of hydrogen-bond donors (Lipinski definition) is 3. The number of amides is 3. The highest BCUT2D eigenvalue weighted by Crippen LogP contribution is 2.29. The van der Waals surface area contributed by atoms with Crippen molar-refractivity contribution < 1.29 is 33.8 Å². The molecule has 1 aromatic carbocycles. The molecule has 42 heavy (non-hydrogen) atoms. The van der Waals surface area contributed by atoms with Crippen LogP contribution in [0.4, 0.5) is 0 Å². The van der Waals surface area contributed by atoms with E-state index in [2.05, 4.69) is 10.6 Å². The van der Waals surface area contributed by atoms with Gasteiger partial charge in [0.25, 0.3) is 0 Å². The van der Waals surface area contributed by atoms with Crippen LogP contribution in [-0.2, 0) is 35.1 Å². The van der Waals surface area contributed by atoms with Crippen molar-refractivity contribution in [2.45, 2.75) is 83.2 Å². The van der Waals surface area contributed by atoms with Crippen LogP contribution in [0.1, 0.15) is 52.0 Å². The zero-order valence-electron chi connectivity index (χ0n) is 26.2. The van der Waals surface area contributed by atoms with Gasteiger partial charge in [-0.15, -0.1) is 0 Å². The van der Waals surface area contributed by atoms with Crippen LogP contribution >= 0.6 is 0 Å². The summed E-state index contributed by atoms with van der Waals surface area (Å²) in [6.45, 7) is 6.50. The van der Waals surface area contributed by atoms with Gasteiger partial charge in [0.2, 0.25) is 17.7 Å². The monoisotopic (exact) mass is 590 g/mol. The number of likely N-dealkylation sites (N-methyl/N-ethyl adjacent to an activating group) is 2. The van der Waals surface area contributed by atoms with E-state index in [0.29, 0.717) is 13.0 Å². The fourth-order valence-corrected chi connectivity index (χ4v) is 5.95. The zero-order valence-corrected chi connectivity index (χ0v) is 26.2. The Kier molecular flexibility index (Phi) is 14.4. The van der Waals surface area contributed by atoms with Gasteiger partial charge in [0.05, 0.1) is 43.2 Å². The Hall–Kier alpha value is -3.02.